The van der Waals surface area contributed by atoms with E-state index in [2.05, 4.69) is 18.0 Å². The first-order valence-corrected chi connectivity index (χ1v) is 7.18. The van der Waals surface area contributed by atoms with Crippen LogP contribution in [0.15, 0.2) is 24.3 Å². The number of hydrogen-bond acceptors (Lipinski definition) is 4. The Morgan fingerprint density at radius 3 is 3.00 bits per heavy atom. The van der Waals surface area contributed by atoms with Crippen molar-refractivity contribution in [1.82, 2.24) is 4.90 Å². The minimum absolute atomic E-state index is 0.134. The molecule has 1 N–H and O–H groups in total. The molecule has 0 radical (unpaired) electrons. The fraction of sp³-hybridized carbons (Fsp3) is 0.562. The monoisotopic (exact) mass is 274 g/mol. The number of hydrogen-bond donors (Lipinski definition) is 1. The number of aliphatic hydroxyl groups excluding tert-OH is 1. The van der Waals surface area contributed by atoms with Crippen molar-refractivity contribution in [1.29, 1.82) is 5.26 Å². The molecule has 0 aliphatic heterocycles. The van der Waals surface area contributed by atoms with Gasteiger partial charge in [0.1, 0.15) is 12.4 Å². The van der Waals surface area contributed by atoms with Crippen LogP contribution in [-0.2, 0) is 0 Å². The van der Waals surface area contributed by atoms with E-state index in [1.807, 2.05) is 12.1 Å². The van der Waals surface area contributed by atoms with Gasteiger partial charge in [0.2, 0.25) is 0 Å². The van der Waals surface area contributed by atoms with Crippen molar-refractivity contribution in [3.63, 3.8) is 0 Å². The highest BCUT2D eigenvalue weighted by atomic mass is 16.5. The summed E-state index contributed by atoms with van der Waals surface area (Å²) in [6.45, 7) is 2.33. The van der Waals surface area contributed by atoms with Gasteiger partial charge in [0.05, 0.1) is 17.7 Å². The molecule has 4 nitrogen and oxygen atoms in total. The fourth-order valence-corrected chi connectivity index (χ4v) is 2.70. The van der Waals surface area contributed by atoms with E-state index in [0.29, 0.717) is 18.1 Å². The van der Waals surface area contributed by atoms with Crippen LogP contribution in [-0.4, -0.2) is 42.9 Å². The number of aliphatic hydroxyl groups is 1. The topological polar surface area (TPSA) is 56.5 Å². The van der Waals surface area contributed by atoms with Crippen molar-refractivity contribution in [2.75, 3.05) is 26.7 Å². The van der Waals surface area contributed by atoms with E-state index in [0.717, 1.165) is 38.1 Å². The van der Waals surface area contributed by atoms with Crippen LogP contribution in [0.4, 0.5) is 0 Å². The summed E-state index contributed by atoms with van der Waals surface area (Å²) in [5, 5.41) is 18.6. The SMILES string of the molecule is CN(CCOc1cccc(C#N)c1)CC1CCCC1O. The molecule has 1 saturated carbocycles. The van der Waals surface area contributed by atoms with Gasteiger partial charge in [-0.1, -0.05) is 12.5 Å². The first kappa shape index (κ1) is 14.8. The Labute approximate surface area is 120 Å². The standard InChI is InChI=1S/C16H22N2O2/c1-18(12-14-5-3-7-16(14)19)8-9-20-15-6-2-4-13(10-15)11-17/h2,4,6,10,14,16,19H,3,5,7-9,12H2,1H3. The van der Waals surface area contributed by atoms with E-state index in [1.54, 1.807) is 12.1 Å². The lowest BCUT2D eigenvalue weighted by molar-refractivity contribution is 0.105. The summed E-state index contributed by atoms with van der Waals surface area (Å²) >= 11 is 0. The molecule has 2 rings (SSSR count). The lowest BCUT2D eigenvalue weighted by atomic mass is 10.1. The van der Waals surface area contributed by atoms with Gasteiger partial charge in [-0.25, -0.2) is 0 Å². The smallest absolute Gasteiger partial charge is 0.120 e. The molecule has 0 saturated heterocycles. The zero-order chi connectivity index (χ0) is 14.4. The molecule has 0 heterocycles. The molecule has 1 fully saturated rings. The maximum absolute atomic E-state index is 9.81. The van der Waals surface area contributed by atoms with E-state index in [4.69, 9.17) is 10.00 Å². The van der Waals surface area contributed by atoms with Crippen molar-refractivity contribution >= 4 is 0 Å². The van der Waals surface area contributed by atoms with Gasteiger partial charge in [-0.3, -0.25) is 0 Å². The number of ether oxygens (including phenoxy) is 1. The molecule has 0 spiro atoms. The second kappa shape index (κ2) is 7.28. The summed E-state index contributed by atoms with van der Waals surface area (Å²) < 4.78 is 5.66. The normalized spacial score (nSPS) is 21.9. The van der Waals surface area contributed by atoms with Crippen molar-refractivity contribution in [3.8, 4) is 11.8 Å². The zero-order valence-electron chi connectivity index (χ0n) is 12.0. The lowest BCUT2D eigenvalue weighted by Gasteiger charge is -2.23. The molecule has 108 valence electrons. The number of benzene rings is 1. The van der Waals surface area contributed by atoms with E-state index in [9.17, 15) is 5.11 Å². The Hall–Kier alpha value is -1.57. The second-order valence-corrected chi connectivity index (χ2v) is 5.51. The minimum Gasteiger partial charge on any atom is -0.492 e. The summed E-state index contributed by atoms with van der Waals surface area (Å²) in [5.74, 6) is 1.14. The highest BCUT2D eigenvalue weighted by Crippen LogP contribution is 2.25. The Balaban J connectivity index is 1.71. The maximum Gasteiger partial charge on any atom is 0.120 e. The molecule has 2 atom stereocenters. The molecule has 1 aromatic rings. The van der Waals surface area contributed by atoms with Crippen LogP contribution in [0.2, 0.25) is 0 Å². The van der Waals surface area contributed by atoms with Gasteiger partial charge in [0, 0.05) is 13.1 Å². The molecule has 0 aromatic heterocycles. The number of nitrogens with zero attached hydrogens (tertiary/aromatic N) is 2. The number of nitriles is 1. The first-order chi connectivity index (χ1) is 9.69. The Morgan fingerprint density at radius 2 is 2.30 bits per heavy atom. The summed E-state index contributed by atoms with van der Waals surface area (Å²) in [4.78, 5) is 2.20. The van der Waals surface area contributed by atoms with Crippen molar-refractivity contribution < 1.29 is 9.84 Å². The largest absolute Gasteiger partial charge is 0.492 e. The molecule has 1 aromatic carbocycles. The Morgan fingerprint density at radius 1 is 1.45 bits per heavy atom. The van der Waals surface area contributed by atoms with Gasteiger partial charge in [-0.15, -0.1) is 0 Å². The third kappa shape index (κ3) is 4.22. The predicted octanol–water partition coefficient (Wildman–Crippen LogP) is 2.03. The lowest BCUT2D eigenvalue weighted by Crippen LogP contribution is -2.32. The van der Waals surface area contributed by atoms with Gasteiger partial charge in [-0.2, -0.15) is 5.26 Å². The molecule has 4 heteroatoms. The van der Waals surface area contributed by atoms with Gasteiger partial charge in [-0.05, 0) is 44.0 Å². The Bertz CT molecular complexity index is 470. The number of rotatable bonds is 6. The van der Waals surface area contributed by atoms with Crippen molar-refractivity contribution in [2.45, 2.75) is 25.4 Å². The van der Waals surface area contributed by atoms with Crippen LogP contribution in [0.25, 0.3) is 0 Å². The van der Waals surface area contributed by atoms with Crippen LogP contribution in [0.3, 0.4) is 0 Å². The summed E-state index contributed by atoms with van der Waals surface area (Å²) in [6, 6.07) is 9.31. The van der Waals surface area contributed by atoms with Gasteiger partial charge in [0.25, 0.3) is 0 Å². The van der Waals surface area contributed by atoms with Crippen LogP contribution < -0.4 is 4.74 Å². The predicted molar refractivity (Wildman–Crippen MR) is 77.5 cm³/mol. The second-order valence-electron chi connectivity index (χ2n) is 5.51. The highest BCUT2D eigenvalue weighted by Gasteiger charge is 2.25. The van der Waals surface area contributed by atoms with Crippen LogP contribution >= 0.6 is 0 Å². The summed E-state index contributed by atoms with van der Waals surface area (Å²) in [5.41, 5.74) is 0.616. The fourth-order valence-electron chi connectivity index (χ4n) is 2.70. The third-order valence-electron chi connectivity index (χ3n) is 3.87. The average Bonchev–Trinajstić information content (AvgIpc) is 2.84. The molecule has 0 bridgehead atoms. The third-order valence-corrected chi connectivity index (χ3v) is 3.87. The minimum atomic E-state index is -0.134. The van der Waals surface area contributed by atoms with Crippen LogP contribution in [0, 0.1) is 17.2 Å². The van der Waals surface area contributed by atoms with Gasteiger partial charge >= 0.3 is 0 Å². The van der Waals surface area contributed by atoms with E-state index >= 15 is 0 Å². The van der Waals surface area contributed by atoms with E-state index in [-0.39, 0.29) is 6.10 Å². The van der Waals surface area contributed by atoms with Crippen molar-refractivity contribution in [2.24, 2.45) is 5.92 Å². The molecular weight excluding hydrogens is 252 g/mol. The quantitative estimate of drug-likeness (QED) is 0.862. The van der Waals surface area contributed by atoms with Crippen molar-refractivity contribution in [3.05, 3.63) is 29.8 Å². The Kier molecular flexibility index (Phi) is 5.40. The highest BCUT2D eigenvalue weighted by molar-refractivity contribution is 5.36. The molecular formula is C16H22N2O2. The molecule has 1 aliphatic rings. The van der Waals surface area contributed by atoms with Crippen LogP contribution in [0.1, 0.15) is 24.8 Å². The molecule has 1 aliphatic carbocycles. The molecule has 0 amide bonds. The average molecular weight is 274 g/mol. The molecule has 2 unspecified atom stereocenters. The number of likely N-dealkylation sites (N-methyl/N-ethyl adjacent to an activating group) is 1. The van der Waals surface area contributed by atoms with Gasteiger partial charge in [0.15, 0.2) is 0 Å². The summed E-state index contributed by atoms with van der Waals surface area (Å²) in [6.07, 6.45) is 3.06. The summed E-state index contributed by atoms with van der Waals surface area (Å²) in [7, 11) is 2.06. The first-order valence-electron chi connectivity index (χ1n) is 7.18. The van der Waals surface area contributed by atoms with E-state index in [1.165, 1.54) is 0 Å². The maximum atomic E-state index is 9.81. The van der Waals surface area contributed by atoms with Crippen LogP contribution in [0.5, 0.6) is 5.75 Å². The zero-order valence-corrected chi connectivity index (χ0v) is 12.0. The molecule has 20 heavy (non-hydrogen) atoms. The van der Waals surface area contributed by atoms with Gasteiger partial charge < -0.3 is 14.7 Å². The van der Waals surface area contributed by atoms with E-state index < -0.39 is 0 Å².